The van der Waals surface area contributed by atoms with Crippen LogP contribution in [0, 0.1) is 30.9 Å². The lowest BCUT2D eigenvalue weighted by atomic mass is 10.0. The summed E-state index contributed by atoms with van der Waals surface area (Å²) in [6, 6.07) is 5.52. The van der Waals surface area contributed by atoms with Crippen LogP contribution in [0.5, 0.6) is 0 Å². The highest BCUT2D eigenvalue weighted by Gasteiger charge is 2.26. The van der Waals surface area contributed by atoms with Crippen molar-refractivity contribution < 1.29 is 9.72 Å². The largest absolute Gasteiger partial charge is 0.358 e. The molecule has 0 spiro atoms. The number of rotatable bonds is 4. The van der Waals surface area contributed by atoms with Crippen LogP contribution in [-0.4, -0.2) is 20.3 Å². The quantitative estimate of drug-likeness (QED) is 0.480. The summed E-state index contributed by atoms with van der Waals surface area (Å²) in [6.07, 6.45) is 0. The Morgan fingerprint density at radius 1 is 1.38 bits per heavy atom. The molecule has 1 heterocycles. The monoisotopic (exact) mass is 351 g/mol. The summed E-state index contributed by atoms with van der Waals surface area (Å²) in [5.41, 5.74) is 2.50. The zero-order chi connectivity index (χ0) is 15.7. The Hall–Kier alpha value is -2.02. The molecular weight excluding hydrogens is 338 g/mol. The average Bonchev–Trinajstić information content (AvgIpc) is 2.63. The molecule has 0 fully saturated rings. The predicted octanol–water partition coefficient (Wildman–Crippen LogP) is 3.36. The standard InChI is InChI=1S/C14H14BrN3O3/c1-8-4-5-11(9(2)6-8)12(19)7-17-10(3)16-13(15)14(17)18(20)21/h4-6H,7H2,1-3H3. The Morgan fingerprint density at radius 2 is 2.05 bits per heavy atom. The summed E-state index contributed by atoms with van der Waals surface area (Å²) < 4.78 is 1.45. The molecule has 0 amide bonds. The lowest BCUT2D eigenvalue weighted by molar-refractivity contribution is -0.392. The van der Waals surface area contributed by atoms with E-state index in [4.69, 9.17) is 0 Å². The van der Waals surface area contributed by atoms with Crippen molar-refractivity contribution in [2.45, 2.75) is 27.3 Å². The smallest absolute Gasteiger partial charge is 0.357 e. The molecule has 0 saturated carbocycles. The maximum atomic E-state index is 12.4. The SMILES string of the molecule is Cc1ccc(C(=O)Cn2c(C)nc(Br)c2[N+](=O)[O-])c(C)c1. The van der Waals surface area contributed by atoms with Gasteiger partial charge in [-0.15, -0.1) is 0 Å². The molecule has 1 aromatic carbocycles. The number of ketones is 1. The molecule has 0 aliphatic carbocycles. The number of carbonyl (C=O) groups excluding carboxylic acids is 1. The number of nitro groups is 1. The van der Waals surface area contributed by atoms with Crippen LogP contribution in [0.4, 0.5) is 5.82 Å². The first-order valence-corrected chi connectivity index (χ1v) is 7.08. The Morgan fingerprint density at radius 3 is 2.62 bits per heavy atom. The molecule has 2 aromatic rings. The summed E-state index contributed by atoms with van der Waals surface area (Å²) in [7, 11) is 0. The van der Waals surface area contributed by atoms with Gasteiger partial charge in [0.2, 0.25) is 10.4 Å². The van der Waals surface area contributed by atoms with E-state index >= 15 is 0 Å². The van der Waals surface area contributed by atoms with Crippen LogP contribution in [0.3, 0.4) is 0 Å². The topological polar surface area (TPSA) is 78.0 Å². The highest BCUT2D eigenvalue weighted by Crippen LogP contribution is 2.26. The van der Waals surface area contributed by atoms with Gasteiger partial charge >= 0.3 is 5.82 Å². The zero-order valence-electron chi connectivity index (χ0n) is 11.9. The van der Waals surface area contributed by atoms with E-state index in [1.54, 1.807) is 13.0 Å². The first-order valence-electron chi connectivity index (χ1n) is 6.28. The van der Waals surface area contributed by atoms with Crippen molar-refractivity contribution in [1.82, 2.24) is 9.55 Å². The number of imidazole rings is 1. The summed E-state index contributed by atoms with van der Waals surface area (Å²) in [5, 5.41) is 11.1. The summed E-state index contributed by atoms with van der Waals surface area (Å²) in [4.78, 5) is 26.9. The minimum Gasteiger partial charge on any atom is -0.358 e. The summed E-state index contributed by atoms with van der Waals surface area (Å²) >= 11 is 3.05. The predicted molar refractivity (Wildman–Crippen MR) is 81.6 cm³/mol. The fourth-order valence-corrected chi connectivity index (χ4v) is 2.85. The van der Waals surface area contributed by atoms with Gasteiger partial charge in [0.25, 0.3) is 0 Å². The van der Waals surface area contributed by atoms with E-state index in [9.17, 15) is 14.9 Å². The molecule has 1 aromatic heterocycles. The summed E-state index contributed by atoms with van der Waals surface area (Å²) in [5.74, 6) is 0.0425. The number of nitrogens with zero attached hydrogens (tertiary/aromatic N) is 3. The van der Waals surface area contributed by atoms with Gasteiger partial charge < -0.3 is 10.1 Å². The Labute approximate surface area is 130 Å². The molecule has 0 aliphatic rings. The van der Waals surface area contributed by atoms with E-state index in [2.05, 4.69) is 20.9 Å². The van der Waals surface area contributed by atoms with E-state index in [0.29, 0.717) is 11.4 Å². The molecule has 0 saturated heterocycles. The molecule has 21 heavy (non-hydrogen) atoms. The van der Waals surface area contributed by atoms with Crippen LogP contribution < -0.4 is 0 Å². The third-order valence-corrected chi connectivity index (χ3v) is 3.78. The van der Waals surface area contributed by atoms with Gasteiger partial charge in [-0.05, 0) is 40.3 Å². The van der Waals surface area contributed by atoms with Gasteiger partial charge in [0.1, 0.15) is 0 Å². The number of Topliss-reactive ketones (excluding diaryl/α,β-unsaturated/α-hetero) is 1. The molecule has 2 rings (SSSR count). The van der Waals surface area contributed by atoms with E-state index < -0.39 is 4.92 Å². The van der Waals surface area contributed by atoms with Gasteiger partial charge in [0, 0.05) is 12.5 Å². The van der Waals surface area contributed by atoms with Gasteiger partial charge in [-0.2, -0.15) is 4.98 Å². The van der Waals surface area contributed by atoms with Crippen molar-refractivity contribution in [3.63, 3.8) is 0 Å². The molecule has 0 unspecified atom stereocenters. The maximum Gasteiger partial charge on any atom is 0.357 e. The van der Waals surface area contributed by atoms with Crippen LogP contribution in [-0.2, 0) is 6.54 Å². The summed E-state index contributed by atoms with van der Waals surface area (Å²) in [6.45, 7) is 5.33. The number of hydrogen-bond donors (Lipinski definition) is 0. The first kappa shape index (κ1) is 15.4. The second kappa shape index (κ2) is 5.77. The molecule has 0 aliphatic heterocycles. The van der Waals surface area contributed by atoms with Gasteiger partial charge in [-0.1, -0.05) is 23.8 Å². The van der Waals surface area contributed by atoms with Crippen molar-refractivity contribution in [2.24, 2.45) is 0 Å². The molecule has 6 nitrogen and oxygen atoms in total. The van der Waals surface area contributed by atoms with E-state index in [1.165, 1.54) is 4.57 Å². The molecule has 110 valence electrons. The lowest BCUT2D eigenvalue weighted by Crippen LogP contribution is -2.14. The van der Waals surface area contributed by atoms with Crippen molar-refractivity contribution in [2.75, 3.05) is 0 Å². The Kier molecular flexibility index (Phi) is 4.22. The van der Waals surface area contributed by atoms with Crippen molar-refractivity contribution in [3.8, 4) is 0 Å². The fraction of sp³-hybridized carbons (Fsp3) is 0.286. The number of aromatic nitrogens is 2. The minimum absolute atomic E-state index is 0.107. The van der Waals surface area contributed by atoms with Crippen molar-refractivity contribution >= 4 is 27.5 Å². The normalized spacial score (nSPS) is 10.7. The van der Waals surface area contributed by atoms with E-state index in [-0.39, 0.29) is 22.7 Å². The van der Waals surface area contributed by atoms with Crippen LogP contribution >= 0.6 is 15.9 Å². The second-order valence-electron chi connectivity index (χ2n) is 4.86. The Bertz CT molecular complexity index is 737. The third-order valence-electron chi connectivity index (χ3n) is 3.25. The van der Waals surface area contributed by atoms with Gasteiger partial charge in [0.15, 0.2) is 12.4 Å². The van der Waals surface area contributed by atoms with Crippen LogP contribution in [0.25, 0.3) is 0 Å². The number of halogens is 1. The number of hydrogen-bond acceptors (Lipinski definition) is 4. The van der Waals surface area contributed by atoms with Gasteiger partial charge in [0.05, 0.1) is 0 Å². The van der Waals surface area contributed by atoms with Crippen molar-refractivity contribution in [3.05, 3.63) is 55.4 Å². The molecule has 0 bridgehead atoms. The molecule has 0 radical (unpaired) electrons. The fourth-order valence-electron chi connectivity index (χ4n) is 2.24. The molecular formula is C14H14BrN3O3. The van der Waals surface area contributed by atoms with Gasteiger partial charge in [-0.3, -0.25) is 4.79 Å². The van der Waals surface area contributed by atoms with Crippen LogP contribution in [0.2, 0.25) is 0 Å². The van der Waals surface area contributed by atoms with Crippen molar-refractivity contribution in [1.29, 1.82) is 0 Å². The van der Waals surface area contributed by atoms with Gasteiger partial charge in [-0.25, -0.2) is 4.57 Å². The molecule has 0 N–H and O–H groups in total. The zero-order valence-corrected chi connectivity index (χ0v) is 13.5. The number of aryl methyl sites for hydroxylation is 3. The lowest BCUT2D eigenvalue weighted by Gasteiger charge is -2.06. The van der Waals surface area contributed by atoms with E-state index in [0.717, 1.165) is 11.1 Å². The Balaban J connectivity index is 2.38. The van der Waals surface area contributed by atoms with Crippen LogP contribution in [0.1, 0.15) is 27.3 Å². The third kappa shape index (κ3) is 3.02. The average molecular weight is 352 g/mol. The molecule has 0 atom stereocenters. The highest BCUT2D eigenvalue weighted by atomic mass is 79.9. The minimum atomic E-state index is -0.542. The highest BCUT2D eigenvalue weighted by molar-refractivity contribution is 9.10. The second-order valence-corrected chi connectivity index (χ2v) is 5.61. The number of benzene rings is 1. The molecule has 7 heteroatoms. The number of carbonyl (C=O) groups is 1. The first-order chi connectivity index (χ1) is 9.81. The maximum absolute atomic E-state index is 12.4. The van der Waals surface area contributed by atoms with E-state index in [1.807, 2.05) is 26.0 Å². The van der Waals surface area contributed by atoms with Crippen LogP contribution in [0.15, 0.2) is 22.8 Å².